The molecule has 0 aromatic heterocycles. The topological polar surface area (TPSA) is 61.4 Å². The maximum atomic E-state index is 12.8. The molecule has 2 amide bonds. The maximum absolute atomic E-state index is 12.8. The lowest BCUT2D eigenvalue weighted by atomic mass is 10.0. The Morgan fingerprint density at radius 2 is 1.86 bits per heavy atom. The van der Waals surface area contributed by atoms with Crippen molar-refractivity contribution in [2.24, 2.45) is 0 Å². The molecule has 0 bridgehead atoms. The van der Waals surface area contributed by atoms with E-state index in [0.29, 0.717) is 6.42 Å². The van der Waals surface area contributed by atoms with Crippen LogP contribution in [-0.4, -0.2) is 30.9 Å². The molecule has 2 aliphatic heterocycles. The largest absolute Gasteiger partial charge is 0.325 e. The van der Waals surface area contributed by atoms with E-state index in [1.807, 2.05) is 47.4 Å². The Kier molecular flexibility index (Phi) is 6.70. The molecule has 2 heterocycles. The fourth-order valence-corrected chi connectivity index (χ4v) is 3.91. The fourth-order valence-electron chi connectivity index (χ4n) is 3.91. The minimum Gasteiger partial charge on any atom is -0.325 e. The van der Waals surface area contributed by atoms with Crippen LogP contribution in [0.3, 0.4) is 0 Å². The molecule has 0 saturated carbocycles. The van der Waals surface area contributed by atoms with Crippen LogP contribution in [0.1, 0.15) is 30.4 Å². The van der Waals surface area contributed by atoms with Crippen LogP contribution in [0.2, 0.25) is 0 Å². The van der Waals surface area contributed by atoms with E-state index in [4.69, 9.17) is 0 Å². The van der Waals surface area contributed by atoms with Crippen LogP contribution in [0, 0.1) is 0 Å². The second-order valence-corrected chi connectivity index (χ2v) is 7.29. The molecule has 1 unspecified atom stereocenters. The summed E-state index contributed by atoms with van der Waals surface area (Å²) in [6.45, 7) is 1.68. The van der Waals surface area contributed by atoms with Crippen molar-refractivity contribution in [2.75, 3.05) is 23.3 Å². The molecule has 148 valence electrons. The first-order valence-electron chi connectivity index (χ1n) is 9.72. The van der Waals surface area contributed by atoms with Crippen molar-refractivity contribution in [3.8, 4) is 0 Å². The first kappa shape index (κ1) is 20.4. The number of rotatable bonds is 4. The molecule has 6 heteroatoms. The maximum Gasteiger partial charge on any atom is 0.241 e. The molecule has 2 N–H and O–H groups in total. The summed E-state index contributed by atoms with van der Waals surface area (Å²) in [7, 11) is 0. The zero-order chi connectivity index (χ0) is 18.6. The van der Waals surface area contributed by atoms with Gasteiger partial charge >= 0.3 is 0 Å². The van der Waals surface area contributed by atoms with Gasteiger partial charge in [0.1, 0.15) is 0 Å². The molecule has 2 aromatic carbocycles. The normalized spacial score (nSPS) is 18.1. The smallest absolute Gasteiger partial charge is 0.241 e. The lowest BCUT2D eigenvalue weighted by molar-refractivity contribution is -0.118. The first-order valence-corrected chi connectivity index (χ1v) is 9.72. The van der Waals surface area contributed by atoms with Crippen molar-refractivity contribution < 1.29 is 9.59 Å². The number of hydrogen-bond acceptors (Lipinski definition) is 3. The van der Waals surface area contributed by atoms with Gasteiger partial charge in [0.15, 0.2) is 0 Å². The van der Waals surface area contributed by atoms with Gasteiger partial charge in [-0.05, 0) is 61.6 Å². The van der Waals surface area contributed by atoms with Gasteiger partial charge in [-0.2, -0.15) is 0 Å². The Morgan fingerprint density at radius 1 is 1.07 bits per heavy atom. The lowest BCUT2D eigenvalue weighted by Gasteiger charge is -2.29. The summed E-state index contributed by atoms with van der Waals surface area (Å²) in [5.41, 5.74) is 4.02. The van der Waals surface area contributed by atoms with Crippen LogP contribution in [0.5, 0.6) is 0 Å². The summed E-state index contributed by atoms with van der Waals surface area (Å²) in [5, 5.41) is 6.14. The summed E-state index contributed by atoms with van der Waals surface area (Å²) in [4.78, 5) is 26.9. The number of benzene rings is 2. The number of fused-ring (bicyclic) bond motifs is 1. The molecule has 1 saturated heterocycles. The van der Waals surface area contributed by atoms with Crippen molar-refractivity contribution in [3.05, 3.63) is 59.7 Å². The Balaban J connectivity index is 0.00000225. The molecule has 0 aliphatic carbocycles. The number of nitrogens with zero attached hydrogens (tertiary/aromatic N) is 1. The van der Waals surface area contributed by atoms with E-state index in [2.05, 4.69) is 16.7 Å². The second kappa shape index (κ2) is 9.22. The van der Waals surface area contributed by atoms with Gasteiger partial charge in [0, 0.05) is 17.9 Å². The molecule has 28 heavy (non-hydrogen) atoms. The summed E-state index contributed by atoms with van der Waals surface area (Å²) in [5.74, 6) is 0.135. The number of nitrogens with one attached hydrogen (secondary N) is 2. The Morgan fingerprint density at radius 3 is 2.61 bits per heavy atom. The van der Waals surface area contributed by atoms with Crippen molar-refractivity contribution in [1.29, 1.82) is 0 Å². The van der Waals surface area contributed by atoms with Crippen LogP contribution < -0.4 is 15.5 Å². The molecule has 1 atom stereocenters. The lowest BCUT2D eigenvalue weighted by Crippen LogP contribution is -2.36. The number of aryl methyl sites for hydroxylation is 1. The van der Waals surface area contributed by atoms with Crippen molar-refractivity contribution in [1.82, 2.24) is 5.32 Å². The summed E-state index contributed by atoms with van der Waals surface area (Å²) >= 11 is 0. The number of halogens is 1. The summed E-state index contributed by atoms with van der Waals surface area (Å²) in [6, 6.07) is 15.6. The van der Waals surface area contributed by atoms with Gasteiger partial charge in [-0.1, -0.05) is 30.3 Å². The quantitative estimate of drug-likeness (QED) is 0.829. The van der Waals surface area contributed by atoms with Crippen LogP contribution in [0.25, 0.3) is 0 Å². The third-order valence-corrected chi connectivity index (χ3v) is 5.36. The van der Waals surface area contributed by atoms with Crippen molar-refractivity contribution >= 4 is 35.6 Å². The van der Waals surface area contributed by atoms with E-state index < -0.39 is 0 Å². The van der Waals surface area contributed by atoms with E-state index in [1.54, 1.807) is 0 Å². The average molecular weight is 400 g/mol. The summed E-state index contributed by atoms with van der Waals surface area (Å²) in [6.07, 6.45) is 4.33. The van der Waals surface area contributed by atoms with Gasteiger partial charge in [-0.3, -0.25) is 9.59 Å². The fraction of sp³-hybridized carbons (Fsp3) is 0.364. The highest BCUT2D eigenvalue weighted by Gasteiger charge is 2.23. The van der Waals surface area contributed by atoms with Crippen molar-refractivity contribution in [2.45, 2.75) is 38.1 Å². The standard InChI is InChI=1S/C22H25N3O2.ClH/c26-21(25-14-4-6-17-5-1-2-8-20(17)25)15-16-9-11-18(12-10-16)24-22(27)19-7-3-13-23-19;/h1-2,5,8-12,19,23H,3-4,6-7,13-15H2,(H,24,27);1H. The minimum atomic E-state index is -0.0922. The monoisotopic (exact) mass is 399 g/mol. The minimum absolute atomic E-state index is 0. The van der Waals surface area contributed by atoms with E-state index in [0.717, 1.165) is 55.7 Å². The molecular formula is C22H26ClN3O2. The van der Waals surface area contributed by atoms with Crippen LogP contribution in [0.4, 0.5) is 11.4 Å². The first-order chi connectivity index (χ1) is 13.2. The molecule has 0 radical (unpaired) electrons. The number of anilines is 2. The highest BCUT2D eigenvalue weighted by molar-refractivity contribution is 5.96. The third kappa shape index (κ3) is 4.54. The average Bonchev–Trinajstić information content (AvgIpc) is 3.24. The molecule has 2 aliphatic rings. The zero-order valence-corrected chi connectivity index (χ0v) is 16.6. The molecule has 2 aromatic rings. The number of amides is 2. The van der Waals surface area contributed by atoms with Gasteiger partial charge in [0.2, 0.25) is 11.8 Å². The predicted molar refractivity (Wildman–Crippen MR) is 114 cm³/mol. The Hall–Kier alpha value is -2.37. The molecule has 4 rings (SSSR count). The number of carbonyl (C=O) groups is 2. The van der Waals surface area contributed by atoms with Crippen LogP contribution >= 0.6 is 12.4 Å². The van der Waals surface area contributed by atoms with Crippen LogP contribution in [0.15, 0.2) is 48.5 Å². The molecule has 0 spiro atoms. The Labute approximate surface area is 171 Å². The van der Waals surface area contributed by atoms with Crippen molar-refractivity contribution in [3.63, 3.8) is 0 Å². The number of para-hydroxylation sites is 1. The number of carbonyl (C=O) groups excluding carboxylic acids is 2. The molecule has 5 nitrogen and oxygen atoms in total. The number of hydrogen-bond donors (Lipinski definition) is 2. The van der Waals surface area contributed by atoms with E-state index in [1.165, 1.54) is 5.56 Å². The van der Waals surface area contributed by atoms with Gasteiger partial charge in [-0.15, -0.1) is 12.4 Å². The van der Waals surface area contributed by atoms with E-state index in [9.17, 15) is 9.59 Å². The van der Waals surface area contributed by atoms with Gasteiger partial charge < -0.3 is 15.5 Å². The Bertz CT molecular complexity index is 832. The van der Waals surface area contributed by atoms with Gasteiger partial charge in [0.25, 0.3) is 0 Å². The highest BCUT2D eigenvalue weighted by atomic mass is 35.5. The molecule has 1 fully saturated rings. The molecular weight excluding hydrogens is 374 g/mol. The van der Waals surface area contributed by atoms with E-state index >= 15 is 0 Å². The zero-order valence-electron chi connectivity index (χ0n) is 15.8. The van der Waals surface area contributed by atoms with Gasteiger partial charge in [-0.25, -0.2) is 0 Å². The van der Waals surface area contributed by atoms with Crippen LogP contribution in [-0.2, 0) is 22.4 Å². The predicted octanol–water partition coefficient (Wildman–Crippen LogP) is 3.32. The van der Waals surface area contributed by atoms with E-state index in [-0.39, 0.29) is 30.3 Å². The SMILES string of the molecule is Cl.O=C(Nc1ccc(CC(=O)N2CCCc3ccccc32)cc1)C1CCCN1. The second-order valence-electron chi connectivity index (χ2n) is 7.29. The third-order valence-electron chi connectivity index (χ3n) is 5.36. The highest BCUT2D eigenvalue weighted by Crippen LogP contribution is 2.27. The summed E-state index contributed by atoms with van der Waals surface area (Å²) < 4.78 is 0. The van der Waals surface area contributed by atoms with Gasteiger partial charge in [0.05, 0.1) is 12.5 Å².